The third-order valence-corrected chi connectivity index (χ3v) is 2.78. The van der Waals surface area contributed by atoms with Crippen molar-refractivity contribution in [2.75, 3.05) is 7.11 Å². The summed E-state index contributed by atoms with van der Waals surface area (Å²) in [5.41, 5.74) is 7.89. The molecule has 0 saturated heterocycles. The minimum absolute atomic E-state index is 0.0522. The fraction of sp³-hybridized carbons (Fsp3) is 0.214. The number of ether oxygens (including phenoxy) is 1. The van der Waals surface area contributed by atoms with Gasteiger partial charge in [-0.05, 0) is 44.2 Å². The van der Waals surface area contributed by atoms with Crippen molar-refractivity contribution in [3.05, 3.63) is 47.3 Å². The number of aliphatic imine (C=N–C) groups is 1. The molecule has 2 aromatic rings. The Balaban J connectivity index is 2.24. The van der Waals surface area contributed by atoms with Gasteiger partial charge in [0.1, 0.15) is 5.75 Å². The quantitative estimate of drug-likeness (QED) is 0.663. The SMILES string of the molecule is COc1ccc(C(=O)N=C(N)n2nc(C)cc2C)cc1. The van der Waals surface area contributed by atoms with Crippen LogP contribution in [0.2, 0.25) is 0 Å². The maximum absolute atomic E-state index is 12.0. The normalized spacial score (nSPS) is 11.4. The number of rotatable bonds is 2. The first-order valence-electron chi connectivity index (χ1n) is 6.07. The topological polar surface area (TPSA) is 82.5 Å². The van der Waals surface area contributed by atoms with E-state index in [1.54, 1.807) is 31.4 Å². The van der Waals surface area contributed by atoms with Crippen LogP contribution in [0.4, 0.5) is 0 Å². The highest BCUT2D eigenvalue weighted by Crippen LogP contribution is 2.12. The number of carbonyl (C=O) groups excluding carboxylic acids is 1. The van der Waals surface area contributed by atoms with Crippen LogP contribution in [-0.4, -0.2) is 28.8 Å². The molecule has 6 heteroatoms. The molecular formula is C14H16N4O2. The monoisotopic (exact) mass is 272 g/mol. The van der Waals surface area contributed by atoms with Gasteiger partial charge in [0.2, 0.25) is 5.96 Å². The fourth-order valence-electron chi connectivity index (χ4n) is 1.81. The lowest BCUT2D eigenvalue weighted by atomic mass is 10.2. The first-order chi connectivity index (χ1) is 9.51. The lowest BCUT2D eigenvalue weighted by Crippen LogP contribution is -2.26. The first kappa shape index (κ1) is 13.8. The summed E-state index contributed by atoms with van der Waals surface area (Å²) < 4.78 is 6.47. The Hall–Kier alpha value is -2.63. The summed E-state index contributed by atoms with van der Waals surface area (Å²) in [5.74, 6) is 0.311. The second-order valence-corrected chi connectivity index (χ2v) is 4.34. The van der Waals surface area contributed by atoms with Crippen LogP contribution >= 0.6 is 0 Å². The van der Waals surface area contributed by atoms with Crippen molar-refractivity contribution in [1.29, 1.82) is 0 Å². The average molecular weight is 272 g/mol. The Labute approximate surface area is 116 Å². The zero-order chi connectivity index (χ0) is 14.7. The minimum atomic E-state index is -0.419. The molecule has 2 rings (SSSR count). The highest BCUT2D eigenvalue weighted by molar-refractivity contribution is 6.02. The van der Waals surface area contributed by atoms with Gasteiger partial charge in [-0.25, -0.2) is 4.68 Å². The van der Waals surface area contributed by atoms with Crippen molar-refractivity contribution in [2.24, 2.45) is 10.7 Å². The molecule has 2 N–H and O–H groups in total. The number of methoxy groups -OCH3 is 1. The molecule has 0 aliphatic rings. The van der Waals surface area contributed by atoms with Gasteiger partial charge >= 0.3 is 0 Å². The van der Waals surface area contributed by atoms with Crippen molar-refractivity contribution >= 4 is 11.9 Å². The van der Waals surface area contributed by atoms with E-state index in [2.05, 4.69) is 10.1 Å². The summed E-state index contributed by atoms with van der Waals surface area (Å²) in [6, 6.07) is 8.53. The largest absolute Gasteiger partial charge is 0.497 e. The van der Waals surface area contributed by atoms with Crippen LogP contribution in [-0.2, 0) is 0 Å². The molecular weight excluding hydrogens is 256 g/mol. The van der Waals surface area contributed by atoms with Gasteiger partial charge in [0.15, 0.2) is 0 Å². The Morgan fingerprint density at radius 3 is 2.45 bits per heavy atom. The van der Waals surface area contributed by atoms with E-state index in [0.717, 1.165) is 11.4 Å². The molecule has 0 saturated carbocycles. The van der Waals surface area contributed by atoms with Gasteiger partial charge in [-0.1, -0.05) is 0 Å². The summed E-state index contributed by atoms with van der Waals surface area (Å²) in [6.07, 6.45) is 0. The van der Waals surface area contributed by atoms with Crippen molar-refractivity contribution in [1.82, 2.24) is 9.78 Å². The van der Waals surface area contributed by atoms with Crippen LogP contribution in [0.1, 0.15) is 21.7 Å². The van der Waals surface area contributed by atoms with Crippen LogP contribution in [0.25, 0.3) is 0 Å². The van der Waals surface area contributed by atoms with Crippen LogP contribution in [0.3, 0.4) is 0 Å². The number of amides is 1. The Bertz CT molecular complexity index is 656. The second-order valence-electron chi connectivity index (χ2n) is 4.34. The Morgan fingerprint density at radius 1 is 1.30 bits per heavy atom. The van der Waals surface area contributed by atoms with E-state index in [1.165, 1.54) is 4.68 Å². The van der Waals surface area contributed by atoms with Gasteiger partial charge in [0.05, 0.1) is 12.8 Å². The second kappa shape index (κ2) is 5.56. The summed E-state index contributed by atoms with van der Waals surface area (Å²) in [4.78, 5) is 15.9. The summed E-state index contributed by atoms with van der Waals surface area (Å²) >= 11 is 0. The minimum Gasteiger partial charge on any atom is -0.497 e. The smallest absolute Gasteiger partial charge is 0.280 e. The first-order valence-corrected chi connectivity index (χ1v) is 6.07. The molecule has 1 aromatic carbocycles. The molecule has 1 amide bonds. The number of nitrogens with two attached hydrogens (primary N) is 1. The van der Waals surface area contributed by atoms with E-state index >= 15 is 0 Å². The zero-order valence-corrected chi connectivity index (χ0v) is 11.6. The van der Waals surface area contributed by atoms with E-state index < -0.39 is 5.91 Å². The van der Waals surface area contributed by atoms with Crippen LogP contribution in [0, 0.1) is 13.8 Å². The molecule has 0 fully saturated rings. The van der Waals surface area contributed by atoms with Crippen LogP contribution < -0.4 is 10.5 Å². The number of carbonyl (C=O) groups is 1. The fourth-order valence-corrected chi connectivity index (χ4v) is 1.81. The maximum atomic E-state index is 12.0. The molecule has 1 aromatic heterocycles. The molecule has 0 aliphatic heterocycles. The summed E-state index contributed by atoms with van der Waals surface area (Å²) in [5, 5.41) is 4.17. The highest BCUT2D eigenvalue weighted by Gasteiger charge is 2.09. The predicted octanol–water partition coefficient (Wildman–Crippen LogP) is 1.51. The van der Waals surface area contributed by atoms with E-state index in [9.17, 15) is 4.79 Å². The molecule has 20 heavy (non-hydrogen) atoms. The highest BCUT2D eigenvalue weighted by atomic mass is 16.5. The van der Waals surface area contributed by atoms with Gasteiger partial charge < -0.3 is 10.5 Å². The molecule has 0 bridgehead atoms. The maximum Gasteiger partial charge on any atom is 0.280 e. The molecule has 0 aliphatic carbocycles. The van der Waals surface area contributed by atoms with Crippen LogP contribution in [0.15, 0.2) is 35.3 Å². The zero-order valence-electron chi connectivity index (χ0n) is 11.6. The van der Waals surface area contributed by atoms with Crippen molar-refractivity contribution < 1.29 is 9.53 Å². The molecule has 6 nitrogen and oxygen atoms in total. The third-order valence-electron chi connectivity index (χ3n) is 2.78. The summed E-state index contributed by atoms with van der Waals surface area (Å²) in [6.45, 7) is 3.70. The number of benzene rings is 1. The van der Waals surface area contributed by atoms with Gasteiger partial charge in [-0.3, -0.25) is 4.79 Å². The van der Waals surface area contributed by atoms with E-state index in [4.69, 9.17) is 10.5 Å². The third kappa shape index (κ3) is 2.85. The molecule has 0 radical (unpaired) electrons. The number of hydrogen-bond donors (Lipinski definition) is 1. The average Bonchev–Trinajstić information content (AvgIpc) is 2.78. The number of hydrogen-bond acceptors (Lipinski definition) is 3. The number of nitrogens with zero attached hydrogens (tertiary/aromatic N) is 3. The van der Waals surface area contributed by atoms with E-state index in [1.807, 2.05) is 19.9 Å². The van der Waals surface area contributed by atoms with Gasteiger partial charge in [-0.2, -0.15) is 10.1 Å². The lowest BCUT2D eigenvalue weighted by molar-refractivity contribution is 0.100. The molecule has 0 spiro atoms. The van der Waals surface area contributed by atoms with Crippen molar-refractivity contribution in [3.63, 3.8) is 0 Å². The van der Waals surface area contributed by atoms with Gasteiger partial charge in [-0.15, -0.1) is 0 Å². The molecule has 104 valence electrons. The summed E-state index contributed by atoms with van der Waals surface area (Å²) in [7, 11) is 1.57. The molecule has 1 heterocycles. The Morgan fingerprint density at radius 2 is 1.95 bits per heavy atom. The molecule has 0 unspecified atom stereocenters. The van der Waals surface area contributed by atoms with Gasteiger partial charge in [0, 0.05) is 11.3 Å². The lowest BCUT2D eigenvalue weighted by Gasteiger charge is -2.03. The van der Waals surface area contributed by atoms with E-state index in [0.29, 0.717) is 11.3 Å². The van der Waals surface area contributed by atoms with Crippen molar-refractivity contribution in [3.8, 4) is 5.75 Å². The number of aryl methyl sites for hydroxylation is 2. The van der Waals surface area contributed by atoms with Gasteiger partial charge in [0.25, 0.3) is 5.91 Å². The Kier molecular flexibility index (Phi) is 3.84. The van der Waals surface area contributed by atoms with Crippen LogP contribution in [0.5, 0.6) is 5.75 Å². The van der Waals surface area contributed by atoms with E-state index in [-0.39, 0.29) is 5.96 Å². The van der Waals surface area contributed by atoms with Crippen molar-refractivity contribution in [2.45, 2.75) is 13.8 Å². The predicted molar refractivity (Wildman–Crippen MR) is 76.0 cm³/mol. The standard InChI is InChI=1S/C14H16N4O2/c1-9-8-10(2)18(17-9)14(15)16-13(19)11-4-6-12(20-3)7-5-11/h4-8H,1-3H3,(H2,15,16,19). The molecule has 0 atom stereocenters. The number of aromatic nitrogens is 2.